The molecule has 0 fully saturated rings. The van der Waals surface area contributed by atoms with Crippen LogP contribution in [-0.2, 0) is 13.3 Å². The van der Waals surface area contributed by atoms with Crippen LogP contribution in [0.3, 0.4) is 0 Å². The molecule has 0 aliphatic rings. The maximum absolute atomic E-state index is 9.49. The lowest BCUT2D eigenvalue weighted by molar-refractivity contribution is -0.893. The third-order valence-electron chi connectivity index (χ3n) is 7.18. The molecule has 0 heterocycles. The Bertz CT molecular complexity index is 470. The summed E-state index contributed by atoms with van der Waals surface area (Å²) in [6.07, 6.45) is 20.0. The van der Waals surface area contributed by atoms with Crippen molar-refractivity contribution in [1.29, 1.82) is 0 Å². The number of quaternary nitrogens is 1. The van der Waals surface area contributed by atoms with Crippen molar-refractivity contribution in [3.8, 4) is 0 Å². The van der Waals surface area contributed by atoms with Gasteiger partial charge in [-0.1, -0.05) is 104 Å². The van der Waals surface area contributed by atoms with Gasteiger partial charge < -0.3 is 22.9 Å². The third-order valence-corrected chi connectivity index (χ3v) is 10.7. The van der Waals surface area contributed by atoms with Gasteiger partial charge >= 0.3 is 8.80 Å². The molecule has 0 rings (SSSR count). The summed E-state index contributed by atoms with van der Waals surface area (Å²) < 4.78 is 19.9. The molecule has 36 heavy (non-hydrogen) atoms. The van der Waals surface area contributed by atoms with Crippen LogP contribution < -0.4 is 0 Å². The van der Waals surface area contributed by atoms with Gasteiger partial charge in [-0.25, -0.2) is 0 Å². The van der Waals surface area contributed by atoms with Gasteiger partial charge in [-0.15, -0.1) is 0 Å². The minimum atomic E-state index is -2.86. The highest BCUT2D eigenvalue weighted by Crippen LogP contribution is 2.35. The van der Waals surface area contributed by atoms with Crippen LogP contribution in [0.25, 0.3) is 0 Å². The van der Waals surface area contributed by atoms with E-state index in [2.05, 4.69) is 34.9 Å². The fraction of sp³-hybridized carbons (Fsp3) is 1.00. The number of aliphatic hydroxyl groups excluding tert-OH is 1. The molecule has 6 heteroatoms. The van der Waals surface area contributed by atoms with E-state index in [4.69, 9.17) is 13.3 Å². The first-order valence-corrected chi connectivity index (χ1v) is 17.4. The molecule has 1 N–H and O–H groups in total. The molecule has 0 radical (unpaired) electrons. The molecule has 0 aromatic rings. The molecular weight excluding hydrogens is 466 g/mol. The van der Waals surface area contributed by atoms with E-state index in [1.165, 1.54) is 90.0 Å². The average Bonchev–Trinajstić information content (AvgIpc) is 2.81. The number of rotatable bonds is 27. The number of hydrogen-bond donors (Lipinski definition) is 1. The molecule has 0 aliphatic heterocycles. The van der Waals surface area contributed by atoms with Crippen molar-refractivity contribution < 1.29 is 22.9 Å². The van der Waals surface area contributed by atoms with Crippen LogP contribution in [0.2, 0.25) is 5.54 Å². The van der Waals surface area contributed by atoms with Gasteiger partial charge in [0.1, 0.15) is 0 Å². The summed E-state index contributed by atoms with van der Waals surface area (Å²) in [4.78, 5) is 0. The van der Waals surface area contributed by atoms with Crippen molar-refractivity contribution in [3.05, 3.63) is 0 Å². The number of nitrogens with zero attached hydrogens (tertiary/aromatic N) is 1. The SMILES string of the molecule is CCCCCCCCCCCCCCCC(CC[N+](C)(C)CC(C)C)[Si](OCC)(OCC)OCCO. The number of unbranched alkanes of at least 4 members (excludes halogenated alkanes) is 12. The first-order valence-electron chi connectivity index (χ1n) is 15.6. The standard InChI is InChI=1S/C30H66NO4Si/c1-8-11-12-13-14-15-16-17-18-19-20-21-22-23-30(24-25-31(6,7)28-29(4)5)36(33-9-2,34-10-3)35-27-26-32/h29-30,32H,8-28H2,1-7H3/q+1. The van der Waals surface area contributed by atoms with Crippen LogP contribution in [0.4, 0.5) is 0 Å². The predicted octanol–water partition coefficient (Wildman–Crippen LogP) is 7.98. The molecule has 0 aromatic heterocycles. The molecule has 0 aromatic carbocycles. The minimum Gasteiger partial charge on any atom is -0.394 e. The maximum atomic E-state index is 9.49. The summed E-state index contributed by atoms with van der Waals surface area (Å²) in [6, 6.07) is 0. The Hall–Kier alpha value is 0.0169. The van der Waals surface area contributed by atoms with Crippen LogP contribution in [0.1, 0.15) is 131 Å². The lowest BCUT2D eigenvalue weighted by Gasteiger charge is -2.38. The van der Waals surface area contributed by atoms with E-state index < -0.39 is 8.80 Å². The van der Waals surface area contributed by atoms with Gasteiger partial charge in [-0.05, 0) is 20.3 Å². The van der Waals surface area contributed by atoms with Crippen LogP contribution in [0.15, 0.2) is 0 Å². The summed E-state index contributed by atoms with van der Waals surface area (Å²) in [6.45, 7) is 14.7. The quantitative estimate of drug-likeness (QED) is 0.0662. The Kier molecular flexibility index (Phi) is 23.0. The summed E-state index contributed by atoms with van der Waals surface area (Å²) in [5.41, 5.74) is 0.293. The van der Waals surface area contributed by atoms with E-state index in [0.29, 0.717) is 31.3 Å². The van der Waals surface area contributed by atoms with Gasteiger partial charge in [-0.2, -0.15) is 0 Å². The summed E-state index contributed by atoms with van der Waals surface area (Å²) in [5.74, 6) is 0.672. The highest BCUT2D eigenvalue weighted by molar-refractivity contribution is 6.62. The smallest absolute Gasteiger partial charge is 0.394 e. The van der Waals surface area contributed by atoms with Crippen LogP contribution in [0.5, 0.6) is 0 Å². The molecule has 0 amide bonds. The van der Waals surface area contributed by atoms with Crippen molar-refractivity contribution in [2.75, 3.05) is 53.6 Å². The Morgan fingerprint density at radius 2 is 1.14 bits per heavy atom. The lowest BCUT2D eigenvalue weighted by Crippen LogP contribution is -2.52. The second-order valence-electron chi connectivity index (χ2n) is 11.8. The first-order chi connectivity index (χ1) is 17.3. The topological polar surface area (TPSA) is 47.9 Å². The minimum absolute atomic E-state index is 0.00919. The number of hydrogen-bond acceptors (Lipinski definition) is 4. The van der Waals surface area contributed by atoms with Crippen molar-refractivity contribution in [2.24, 2.45) is 5.92 Å². The van der Waals surface area contributed by atoms with Gasteiger partial charge in [0.05, 0.1) is 40.4 Å². The fourth-order valence-corrected chi connectivity index (χ4v) is 8.74. The Morgan fingerprint density at radius 3 is 1.56 bits per heavy atom. The molecule has 0 saturated heterocycles. The molecular formula is C30H66NO4Si+. The molecule has 1 atom stereocenters. The van der Waals surface area contributed by atoms with E-state index >= 15 is 0 Å². The molecule has 1 unspecified atom stereocenters. The van der Waals surface area contributed by atoms with Gasteiger partial charge in [0.2, 0.25) is 0 Å². The van der Waals surface area contributed by atoms with Crippen LogP contribution >= 0.6 is 0 Å². The van der Waals surface area contributed by atoms with Crippen LogP contribution in [-0.4, -0.2) is 72.0 Å². The summed E-state index contributed by atoms with van der Waals surface area (Å²) in [5, 5.41) is 9.49. The highest BCUT2D eigenvalue weighted by atomic mass is 28.4. The Labute approximate surface area is 227 Å². The van der Waals surface area contributed by atoms with E-state index in [-0.39, 0.29) is 6.61 Å². The average molecular weight is 533 g/mol. The molecule has 0 saturated carbocycles. The molecule has 0 bridgehead atoms. The van der Waals surface area contributed by atoms with Crippen molar-refractivity contribution in [2.45, 2.75) is 136 Å². The van der Waals surface area contributed by atoms with E-state index in [0.717, 1.165) is 23.9 Å². The summed E-state index contributed by atoms with van der Waals surface area (Å²) >= 11 is 0. The van der Waals surface area contributed by atoms with Crippen molar-refractivity contribution in [3.63, 3.8) is 0 Å². The zero-order chi connectivity index (χ0) is 27.1. The fourth-order valence-electron chi connectivity index (χ4n) is 5.56. The largest absolute Gasteiger partial charge is 0.504 e. The zero-order valence-corrected chi connectivity index (χ0v) is 26.6. The molecule has 0 spiro atoms. The van der Waals surface area contributed by atoms with Gasteiger partial charge in [-0.3, -0.25) is 0 Å². The molecule has 5 nitrogen and oxygen atoms in total. The zero-order valence-electron chi connectivity index (χ0n) is 25.6. The molecule has 218 valence electrons. The van der Waals surface area contributed by atoms with Crippen LogP contribution in [0, 0.1) is 5.92 Å². The highest BCUT2D eigenvalue weighted by Gasteiger charge is 2.49. The third kappa shape index (κ3) is 18.3. The first kappa shape index (κ1) is 36.0. The monoisotopic (exact) mass is 532 g/mol. The Morgan fingerprint density at radius 1 is 0.667 bits per heavy atom. The second-order valence-corrected chi connectivity index (χ2v) is 14.7. The lowest BCUT2D eigenvalue weighted by atomic mass is 10.0. The van der Waals surface area contributed by atoms with E-state index in [1.54, 1.807) is 0 Å². The summed E-state index contributed by atoms with van der Waals surface area (Å²) in [7, 11) is 1.81. The Balaban J connectivity index is 4.70. The number of aliphatic hydroxyl groups is 1. The van der Waals surface area contributed by atoms with E-state index in [9.17, 15) is 5.11 Å². The van der Waals surface area contributed by atoms with Crippen molar-refractivity contribution in [1.82, 2.24) is 0 Å². The van der Waals surface area contributed by atoms with Gasteiger partial charge in [0.15, 0.2) is 0 Å². The maximum Gasteiger partial charge on any atom is 0.504 e. The van der Waals surface area contributed by atoms with Gasteiger partial charge in [0, 0.05) is 31.1 Å². The molecule has 0 aliphatic carbocycles. The van der Waals surface area contributed by atoms with Crippen molar-refractivity contribution >= 4 is 8.80 Å². The van der Waals surface area contributed by atoms with E-state index in [1.807, 2.05) is 13.8 Å². The predicted molar refractivity (Wildman–Crippen MR) is 157 cm³/mol. The second kappa shape index (κ2) is 23.0. The van der Waals surface area contributed by atoms with Gasteiger partial charge in [0.25, 0.3) is 0 Å². The normalized spacial score (nSPS) is 13.6.